The smallest absolute Gasteiger partial charge is 0.203 e. The molecule has 0 spiro atoms. The number of benzene rings is 9. The molecule has 0 aliphatic rings. The summed E-state index contributed by atoms with van der Waals surface area (Å²) in [6, 6.07) is 65.2. The Bertz CT molecular complexity index is 4350. The molecule has 0 amide bonds. The fourth-order valence-corrected chi connectivity index (χ4v) is 12.9. The van der Waals surface area contributed by atoms with E-state index >= 15 is 0 Å². The van der Waals surface area contributed by atoms with Crippen LogP contribution < -0.4 is 40.7 Å². The van der Waals surface area contributed by atoms with Gasteiger partial charge in [0.15, 0.2) is 0 Å². The number of ether oxygens (including phenoxy) is 4. The quantitative estimate of drug-likeness (QED) is 0.0269. The van der Waals surface area contributed by atoms with Gasteiger partial charge in [-0.25, -0.2) is 19.9 Å². The number of nitrogens with zero attached hydrogens (tertiary/aromatic N) is 8. The first kappa shape index (κ1) is 66.4. The van der Waals surface area contributed by atoms with Crippen molar-refractivity contribution < 1.29 is 18.9 Å². The summed E-state index contributed by atoms with van der Waals surface area (Å²) in [5, 5.41) is 31.3. The summed E-state index contributed by atoms with van der Waals surface area (Å²) in [4.78, 5) is 18.9. The second-order valence-corrected chi connectivity index (χ2v) is 26.5. The van der Waals surface area contributed by atoms with Crippen LogP contribution in [0.15, 0.2) is 248 Å². The molecule has 24 heteroatoms. The molecule has 0 aliphatic carbocycles. The number of para-hydroxylation sites is 4. The monoisotopic (exact) mass is 1440 g/mol. The van der Waals surface area contributed by atoms with Crippen LogP contribution in [0.5, 0.6) is 23.0 Å². The van der Waals surface area contributed by atoms with E-state index in [1.54, 1.807) is 24.9 Å². The van der Waals surface area contributed by atoms with Crippen LogP contribution >= 0.6 is 91.8 Å². The highest BCUT2D eigenvalue weighted by atomic mass is 35.5. The van der Waals surface area contributed by atoms with Crippen molar-refractivity contribution in [3.63, 3.8) is 0 Å². The molecule has 0 unspecified atom stereocenters. The number of nitrogens with one attached hydrogen (secondary N) is 4. The lowest BCUT2D eigenvalue weighted by molar-refractivity contribution is 0.275. The number of aromatic nitrogens is 4. The Balaban J connectivity index is 0.793. The summed E-state index contributed by atoms with van der Waals surface area (Å²) in [7, 11) is 0. The molecule has 4 N–H and O–H groups in total. The zero-order valence-electron chi connectivity index (χ0n) is 51.4. The van der Waals surface area contributed by atoms with Gasteiger partial charge < -0.3 is 18.9 Å². The molecule has 13 rings (SSSR count). The van der Waals surface area contributed by atoms with Gasteiger partial charge in [0.25, 0.3) is 0 Å². The topological polar surface area (TPSA) is 186 Å². The molecule has 16 nitrogen and oxygen atoms in total. The highest BCUT2D eigenvalue weighted by molar-refractivity contribution is 7.14. The highest BCUT2D eigenvalue weighted by Crippen LogP contribution is 2.33. The van der Waals surface area contributed by atoms with Crippen LogP contribution in [0, 0.1) is 0 Å². The first-order valence-corrected chi connectivity index (χ1v) is 35.2. The van der Waals surface area contributed by atoms with E-state index in [0.29, 0.717) is 63.6 Å². The summed E-state index contributed by atoms with van der Waals surface area (Å²) in [6.07, 6.45) is 6.85. The van der Waals surface area contributed by atoms with E-state index in [9.17, 15) is 0 Å². The molecule has 0 radical (unpaired) electrons. The van der Waals surface area contributed by atoms with E-state index in [1.807, 2.05) is 216 Å². The van der Waals surface area contributed by atoms with Gasteiger partial charge in [-0.1, -0.05) is 143 Å². The molecule has 4 heterocycles. The third-order valence-electron chi connectivity index (χ3n) is 14.8. The van der Waals surface area contributed by atoms with Crippen LogP contribution in [0.2, 0.25) is 20.1 Å². The maximum atomic E-state index is 6.80. The summed E-state index contributed by atoms with van der Waals surface area (Å²) >= 11 is 30.4. The highest BCUT2D eigenvalue weighted by Gasteiger charge is 2.18. The SMILES string of the molecule is Clc1ccc(-c2csc(N/N=C/c3ccccc3OCc3cc(COc4ccccc4/C=N/Nc4nc(-c5ccc(Cl)cc5)cs4)c(COc4ccccc4/C=N/Nc4nc(-c5ccc(Cl)cc5)cs4)cc3COc3ccccc3/C=N/Nc3nc(-c4ccc(Cl)cc4)cs3)n2)cc1. The average molecular weight is 1450 g/mol. The van der Waals surface area contributed by atoms with Gasteiger partial charge in [-0.05, 0) is 131 Å². The van der Waals surface area contributed by atoms with E-state index in [4.69, 9.17) is 85.3 Å². The van der Waals surface area contributed by atoms with Gasteiger partial charge in [-0.2, -0.15) is 20.4 Å². The fourth-order valence-electron chi connectivity index (χ4n) is 9.77. The van der Waals surface area contributed by atoms with Gasteiger partial charge in [-0.15, -0.1) is 45.3 Å². The maximum absolute atomic E-state index is 6.80. The van der Waals surface area contributed by atoms with Crippen LogP contribution in [0.3, 0.4) is 0 Å². The third-order valence-corrected chi connectivity index (χ3v) is 18.8. The van der Waals surface area contributed by atoms with Crippen LogP contribution in [0.25, 0.3) is 45.0 Å². The van der Waals surface area contributed by atoms with Crippen molar-refractivity contribution in [3.05, 3.63) is 292 Å². The Hall–Kier alpha value is -10.3. The van der Waals surface area contributed by atoms with E-state index < -0.39 is 0 Å². The summed E-state index contributed by atoms with van der Waals surface area (Å²) in [6.45, 7) is 0.496. The molecule has 0 bridgehead atoms. The molecule has 4 aromatic heterocycles. The van der Waals surface area contributed by atoms with Gasteiger partial charge in [0, 0.05) is 86.1 Å². The summed E-state index contributed by atoms with van der Waals surface area (Å²) < 4.78 is 27.2. The molecule has 98 heavy (non-hydrogen) atoms. The molecule has 486 valence electrons. The number of halogens is 4. The number of rotatable bonds is 28. The zero-order valence-corrected chi connectivity index (χ0v) is 57.7. The van der Waals surface area contributed by atoms with Crippen molar-refractivity contribution in [2.24, 2.45) is 20.4 Å². The molecular formula is C74H54Cl4N12O4S4. The lowest BCUT2D eigenvalue weighted by atomic mass is 9.99. The minimum atomic E-state index is 0.124. The van der Waals surface area contributed by atoms with Gasteiger partial charge in [0.1, 0.15) is 49.4 Å². The molecule has 0 saturated heterocycles. The summed E-state index contributed by atoms with van der Waals surface area (Å²) in [5.41, 5.74) is 25.6. The van der Waals surface area contributed by atoms with Crippen molar-refractivity contribution in [2.75, 3.05) is 21.7 Å². The molecule has 0 atom stereocenters. The Morgan fingerprint density at radius 1 is 0.296 bits per heavy atom. The zero-order chi connectivity index (χ0) is 66.8. The van der Waals surface area contributed by atoms with Gasteiger partial charge in [0.05, 0.1) is 47.6 Å². The molecule has 0 aliphatic heterocycles. The normalized spacial score (nSPS) is 11.5. The Labute approximate surface area is 600 Å². The Morgan fingerprint density at radius 3 is 0.735 bits per heavy atom. The average Bonchev–Trinajstić information content (AvgIpc) is 1.26. The number of anilines is 4. The van der Waals surface area contributed by atoms with E-state index in [2.05, 4.69) is 54.2 Å². The Kier molecular flexibility index (Phi) is 22.1. The number of hydrogen-bond acceptors (Lipinski definition) is 20. The number of thiazole rings is 4. The van der Waals surface area contributed by atoms with Gasteiger partial charge >= 0.3 is 0 Å². The van der Waals surface area contributed by atoms with E-state index in [0.717, 1.165) is 89.5 Å². The first-order chi connectivity index (χ1) is 48.1. The predicted octanol–water partition coefficient (Wildman–Crippen LogP) is 20.9. The lowest BCUT2D eigenvalue weighted by Gasteiger charge is -2.20. The largest absolute Gasteiger partial charge is 0.488 e. The molecular weight excluding hydrogens is 1390 g/mol. The van der Waals surface area contributed by atoms with Crippen molar-refractivity contribution in [2.45, 2.75) is 26.4 Å². The second kappa shape index (κ2) is 32.7. The van der Waals surface area contributed by atoms with Crippen molar-refractivity contribution in [3.8, 4) is 68.0 Å². The van der Waals surface area contributed by atoms with Crippen LogP contribution in [-0.2, 0) is 26.4 Å². The van der Waals surface area contributed by atoms with Crippen molar-refractivity contribution in [1.82, 2.24) is 19.9 Å². The lowest BCUT2D eigenvalue weighted by Crippen LogP contribution is -2.12. The number of hydrazone groups is 4. The minimum Gasteiger partial charge on any atom is -0.488 e. The second-order valence-electron chi connectivity index (χ2n) is 21.4. The third kappa shape index (κ3) is 17.8. The first-order valence-electron chi connectivity index (χ1n) is 30.2. The molecule has 0 saturated carbocycles. The van der Waals surface area contributed by atoms with Gasteiger partial charge in [-0.3, -0.25) is 21.7 Å². The fraction of sp³-hybridized carbons (Fsp3) is 0.0541. The van der Waals surface area contributed by atoms with Gasteiger partial charge in [0.2, 0.25) is 20.5 Å². The number of hydrogen-bond donors (Lipinski definition) is 4. The van der Waals surface area contributed by atoms with Crippen LogP contribution in [0.4, 0.5) is 20.5 Å². The van der Waals surface area contributed by atoms with E-state index in [1.165, 1.54) is 45.3 Å². The van der Waals surface area contributed by atoms with Crippen molar-refractivity contribution in [1.29, 1.82) is 0 Å². The van der Waals surface area contributed by atoms with E-state index in [-0.39, 0.29) is 26.4 Å². The predicted molar refractivity (Wildman–Crippen MR) is 405 cm³/mol. The van der Waals surface area contributed by atoms with Crippen LogP contribution in [0.1, 0.15) is 44.5 Å². The molecule has 0 fully saturated rings. The molecule has 9 aromatic carbocycles. The molecule has 13 aromatic rings. The summed E-state index contributed by atoms with van der Waals surface area (Å²) in [5.74, 6) is 2.37. The minimum absolute atomic E-state index is 0.124. The van der Waals surface area contributed by atoms with Crippen molar-refractivity contribution >= 4 is 137 Å². The van der Waals surface area contributed by atoms with Crippen LogP contribution in [-0.4, -0.2) is 44.8 Å². The standard InChI is InChI=1S/C74H54Cl4N12O4S4/c75-59-25-17-47(18-26-59)63-43-95-71(83-63)87-79-35-51-9-1-5-13-67(51)91-39-55-33-57(41-93-69-15-7-3-11-53(69)37-81-89-73-85-65(45-97-73)49-21-29-61(77)30-22-49)58(42-94-70-16-8-4-12-54(70)38-82-90-74-86-66(46-98-74)50-23-31-62(78)32-24-50)34-56(55)40-92-68-14-6-2-10-52(68)36-80-88-72-84-64(44-96-72)48-19-27-60(76)28-20-48/h1-38,43-46H,39-42H2,(H,83,87)(H,84,88)(H,85,89)(H,86,90)/b79-35+,80-36+,81-37+,82-38+. The maximum Gasteiger partial charge on any atom is 0.203 e. The Morgan fingerprint density at radius 2 is 0.510 bits per heavy atom.